The summed E-state index contributed by atoms with van der Waals surface area (Å²) in [7, 11) is 1.66. The molecule has 24 heavy (non-hydrogen) atoms. The molecular weight excluding hydrogens is 300 g/mol. The van der Waals surface area contributed by atoms with E-state index in [-0.39, 0.29) is 0 Å². The summed E-state index contributed by atoms with van der Waals surface area (Å²) in [6.45, 7) is 9.74. The van der Waals surface area contributed by atoms with Gasteiger partial charge in [-0.2, -0.15) is 0 Å². The van der Waals surface area contributed by atoms with Crippen molar-refractivity contribution in [1.82, 2.24) is 4.98 Å². The lowest BCUT2D eigenvalue weighted by Gasteiger charge is -2.22. The Bertz CT molecular complexity index is 802. The highest BCUT2D eigenvalue weighted by molar-refractivity contribution is 6.01. The maximum Gasteiger partial charge on any atom is 0.226 e. The predicted molar refractivity (Wildman–Crippen MR) is 96.5 cm³/mol. The van der Waals surface area contributed by atoms with E-state index in [9.17, 15) is 0 Å². The SMILES string of the molecule is C=CN=C(C(=C)C)C1CCc2oc(-c3cccc(OC)c3)nc2C1. The van der Waals surface area contributed by atoms with Gasteiger partial charge in [-0.1, -0.05) is 19.2 Å². The number of hydrogen-bond donors (Lipinski definition) is 0. The van der Waals surface area contributed by atoms with E-state index in [4.69, 9.17) is 14.1 Å². The summed E-state index contributed by atoms with van der Waals surface area (Å²) in [4.78, 5) is 9.13. The van der Waals surface area contributed by atoms with Gasteiger partial charge < -0.3 is 9.15 Å². The maximum atomic E-state index is 5.99. The van der Waals surface area contributed by atoms with E-state index >= 15 is 0 Å². The first-order valence-corrected chi connectivity index (χ1v) is 8.10. The molecule has 0 spiro atoms. The monoisotopic (exact) mass is 322 g/mol. The van der Waals surface area contributed by atoms with Gasteiger partial charge in [-0.3, -0.25) is 4.99 Å². The molecule has 0 saturated heterocycles. The van der Waals surface area contributed by atoms with E-state index in [1.807, 2.05) is 31.2 Å². The summed E-state index contributed by atoms with van der Waals surface area (Å²) >= 11 is 0. The Morgan fingerprint density at radius 1 is 1.46 bits per heavy atom. The van der Waals surface area contributed by atoms with Crippen molar-refractivity contribution in [2.75, 3.05) is 7.11 Å². The van der Waals surface area contributed by atoms with E-state index < -0.39 is 0 Å². The quantitative estimate of drug-likeness (QED) is 0.755. The van der Waals surface area contributed by atoms with Crippen molar-refractivity contribution in [1.29, 1.82) is 0 Å². The Morgan fingerprint density at radius 3 is 3.00 bits per heavy atom. The third kappa shape index (κ3) is 3.18. The number of benzene rings is 1. The van der Waals surface area contributed by atoms with Crippen LogP contribution in [0.15, 0.2) is 58.6 Å². The first-order valence-electron chi connectivity index (χ1n) is 8.10. The summed E-state index contributed by atoms with van der Waals surface area (Å²) in [6.07, 6.45) is 4.26. The van der Waals surface area contributed by atoms with Crippen LogP contribution in [0.5, 0.6) is 5.75 Å². The average molecular weight is 322 g/mol. The molecule has 0 amide bonds. The Morgan fingerprint density at radius 2 is 2.29 bits per heavy atom. The number of fused-ring (bicyclic) bond motifs is 1. The molecule has 1 aromatic heterocycles. The third-order valence-corrected chi connectivity index (χ3v) is 4.31. The Balaban J connectivity index is 1.88. The number of aromatic nitrogens is 1. The second-order valence-corrected chi connectivity index (χ2v) is 6.04. The van der Waals surface area contributed by atoms with Crippen LogP contribution in [0, 0.1) is 5.92 Å². The first-order chi connectivity index (χ1) is 11.6. The topological polar surface area (TPSA) is 47.6 Å². The van der Waals surface area contributed by atoms with Crippen LogP contribution in [0.2, 0.25) is 0 Å². The number of oxazole rings is 1. The van der Waals surface area contributed by atoms with Crippen LogP contribution in [-0.2, 0) is 12.8 Å². The van der Waals surface area contributed by atoms with Crippen molar-refractivity contribution in [3.05, 3.63) is 60.7 Å². The van der Waals surface area contributed by atoms with Gasteiger partial charge in [-0.15, -0.1) is 0 Å². The fourth-order valence-electron chi connectivity index (χ4n) is 3.15. The molecule has 2 aromatic rings. The summed E-state index contributed by atoms with van der Waals surface area (Å²) in [6, 6.07) is 7.77. The maximum absolute atomic E-state index is 5.99. The van der Waals surface area contributed by atoms with Gasteiger partial charge in [-0.25, -0.2) is 4.98 Å². The number of allylic oxidation sites excluding steroid dienone is 1. The molecule has 124 valence electrons. The molecule has 0 radical (unpaired) electrons. The number of hydrogen-bond acceptors (Lipinski definition) is 4. The molecule has 3 rings (SSSR count). The zero-order valence-electron chi connectivity index (χ0n) is 14.2. The van der Waals surface area contributed by atoms with Gasteiger partial charge in [0, 0.05) is 36.2 Å². The third-order valence-electron chi connectivity index (χ3n) is 4.31. The van der Waals surface area contributed by atoms with Crippen LogP contribution in [0.1, 0.15) is 24.8 Å². The Labute approximate surface area is 142 Å². The normalized spacial score (nSPS) is 17.2. The molecule has 1 unspecified atom stereocenters. The van der Waals surface area contributed by atoms with Gasteiger partial charge in [0.25, 0.3) is 0 Å². The number of ether oxygens (including phenoxy) is 1. The molecule has 4 nitrogen and oxygen atoms in total. The molecule has 0 bridgehead atoms. The van der Waals surface area contributed by atoms with E-state index in [2.05, 4.69) is 18.2 Å². The second kappa shape index (κ2) is 6.87. The summed E-state index contributed by atoms with van der Waals surface area (Å²) in [5, 5.41) is 0. The number of methoxy groups -OCH3 is 1. The van der Waals surface area contributed by atoms with Crippen LogP contribution < -0.4 is 4.74 Å². The molecule has 1 aliphatic carbocycles. The number of nitrogens with zero attached hydrogens (tertiary/aromatic N) is 2. The minimum absolute atomic E-state index is 0.316. The molecule has 1 atom stereocenters. The summed E-state index contributed by atoms with van der Waals surface area (Å²) < 4.78 is 11.3. The molecular formula is C20H22N2O2. The van der Waals surface area contributed by atoms with Crippen molar-refractivity contribution < 1.29 is 9.15 Å². The van der Waals surface area contributed by atoms with Crippen molar-refractivity contribution in [2.24, 2.45) is 10.9 Å². The van der Waals surface area contributed by atoms with Crippen LogP contribution in [0.3, 0.4) is 0 Å². The highest BCUT2D eigenvalue weighted by atomic mass is 16.5. The first kappa shape index (κ1) is 16.2. The number of aliphatic imine (C=N–C) groups is 1. The molecule has 0 aliphatic heterocycles. The molecule has 1 heterocycles. The van der Waals surface area contributed by atoms with Crippen LogP contribution >= 0.6 is 0 Å². The van der Waals surface area contributed by atoms with Crippen molar-refractivity contribution in [2.45, 2.75) is 26.2 Å². The molecule has 1 aliphatic rings. The minimum Gasteiger partial charge on any atom is -0.497 e. The van der Waals surface area contributed by atoms with Crippen LogP contribution in [0.25, 0.3) is 11.5 Å². The van der Waals surface area contributed by atoms with Gasteiger partial charge in [0.15, 0.2) is 0 Å². The van der Waals surface area contributed by atoms with Gasteiger partial charge in [-0.05, 0) is 37.1 Å². The van der Waals surface area contributed by atoms with E-state index in [0.717, 1.165) is 53.3 Å². The lowest BCUT2D eigenvalue weighted by atomic mass is 9.84. The van der Waals surface area contributed by atoms with E-state index in [1.54, 1.807) is 13.3 Å². The molecule has 0 saturated carbocycles. The molecule has 4 heteroatoms. The number of rotatable bonds is 5. The predicted octanol–water partition coefficient (Wildman–Crippen LogP) is 4.62. The fraction of sp³-hybridized carbons (Fsp3) is 0.300. The zero-order valence-corrected chi connectivity index (χ0v) is 14.2. The fourth-order valence-corrected chi connectivity index (χ4v) is 3.15. The van der Waals surface area contributed by atoms with Crippen molar-refractivity contribution in [3.63, 3.8) is 0 Å². The Hall–Kier alpha value is -2.62. The average Bonchev–Trinajstić information content (AvgIpc) is 3.02. The van der Waals surface area contributed by atoms with E-state index in [0.29, 0.717) is 11.8 Å². The summed E-state index contributed by atoms with van der Waals surface area (Å²) in [5.74, 6) is 2.74. The van der Waals surface area contributed by atoms with Crippen molar-refractivity contribution in [3.8, 4) is 17.2 Å². The molecule has 0 fully saturated rings. The molecule has 0 N–H and O–H groups in total. The van der Waals surface area contributed by atoms with Gasteiger partial charge in [0.05, 0.1) is 12.8 Å². The Kier molecular flexibility index (Phi) is 4.65. The highest BCUT2D eigenvalue weighted by Gasteiger charge is 2.27. The number of aryl methyl sites for hydroxylation is 1. The summed E-state index contributed by atoms with van der Waals surface area (Å²) in [5.41, 5.74) is 3.95. The second-order valence-electron chi connectivity index (χ2n) is 6.04. The van der Waals surface area contributed by atoms with E-state index in [1.165, 1.54) is 0 Å². The minimum atomic E-state index is 0.316. The standard InChI is InChI=1S/C20H22N2O2/c1-5-21-19(13(2)3)14-9-10-18-17(12-14)22-20(24-18)15-7-6-8-16(11-15)23-4/h5-8,11,14H,1-2,9-10,12H2,3-4H3. The van der Waals surface area contributed by atoms with Crippen molar-refractivity contribution >= 4 is 5.71 Å². The van der Waals surface area contributed by atoms with Gasteiger partial charge in [0.2, 0.25) is 5.89 Å². The molecule has 1 aromatic carbocycles. The van der Waals surface area contributed by atoms with Gasteiger partial charge in [0.1, 0.15) is 11.5 Å². The smallest absolute Gasteiger partial charge is 0.226 e. The van der Waals surface area contributed by atoms with Crippen LogP contribution in [-0.4, -0.2) is 17.8 Å². The lowest BCUT2D eigenvalue weighted by Crippen LogP contribution is -2.23. The van der Waals surface area contributed by atoms with Crippen LogP contribution in [0.4, 0.5) is 0 Å². The zero-order chi connectivity index (χ0) is 17.1. The lowest BCUT2D eigenvalue weighted by molar-refractivity contribution is 0.414. The van der Waals surface area contributed by atoms with Gasteiger partial charge >= 0.3 is 0 Å². The largest absolute Gasteiger partial charge is 0.497 e. The highest BCUT2D eigenvalue weighted by Crippen LogP contribution is 2.32.